The largest absolute Gasteiger partial charge is 0.428 e. The van der Waals surface area contributed by atoms with Crippen LogP contribution in [0.3, 0.4) is 0 Å². The molecule has 0 unspecified atom stereocenters. The zero-order chi connectivity index (χ0) is 11.1. The minimum Gasteiger partial charge on any atom is -0.428 e. The Labute approximate surface area is 91.7 Å². The minimum atomic E-state index is -0.998. The fourth-order valence-electron chi connectivity index (χ4n) is 0.955. The van der Waals surface area contributed by atoms with Gasteiger partial charge in [-0.1, -0.05) is 30.3 Å². The quantitative estimate of drug-likeness (QED) is 0.450. The second-order valence-electron chi connectivity index (χ2n) is 2.68. The fraction of sp³-hybridized carbons (Fsp3) is 0.200. The normalized spacial score (nSPS) is 9.40. The predicted octanol–water partition coefficient (Wildman–Crippen LogP) is 2.11. The maximum absolute atomic E-state index is 11.1. The fourth-order valence-corrected chi connectivity index (χ4v) is 1.000. The second kappa shape index (κ2) is 6.03. The molecular weight excluding hydrogens is 220 g/mol. The van der Waals surface area contributed by atoms with E-state index < -0.39 is 18.2 Å². The molecule has 0 heterocycles. The van der Waals surface area contributed by atoms with Crippen LogP contribution in [0.5, 0.6) is 0 Å². The SMILES string of the molecule is O=C(Cl)OCOC(=O)Cc1ccccc1. The number of ether oxygens (including phenoxy) is 2. The molecule has 4 nitrogen and oxygen atoms in total. The predicted molar refractivity (Wildman–Crippen MR) is 53.4 cm³/mol. The monoisotopic (exact) mass is 228 g/mol. The summed E-state index contributed by atoms with van der Waals surface area (Å²) in [4.78, 5) is 21.3. The average Bonchev–Trinajstić information content (AvgIpc) is 2.18. The number of hydrogen-bond acceptors (Lipinski definition) is 4. The molecule has 0 spiro atoms. The van der Waals surface area contributed by atoms with Crippen LogP contribution in [0, 0.1) is 0 Å². The van der Waals surface area contributed by atoms with Crippen LogP contribution >= 0.6 is 11.6 Å². The van der Waals surface area contributed by atoms with Crippen LogP contribution in [0.15, 0.2) is 30.3 Å². The van der Waals surface area contributed by atoms with E-state index in [2.05, 4.69) is 9.47 Å². The molecule has 0 bridgehead atoms. The van der Waals surface area contributed by atoms with Crippen molar-refractivity contribution in [3.63, 3.8) is 0 Å². The molecule has 0 fully saturated rings. The highest BCUT2D eigenvalue weighted by molar-refractivity contribution is 6.61. The molecule has 0 N–H and O–H groups in total. The van der Waals surface area contributed by atoms with Crippen molar-refractivity contribution >= 4 is 23.0 Å². The van der Waals surface area contributed by atoms with Gasteiger partial charge in [0.05, 0.1) is 6.42 Å². The lowest BCUT2D eigenvalue weighted by molar-refractivity contribution is -0.150. The van der Waals surface area contributed by atoms with Crippen LogP contribution in [0.4, 0.5) is 4.79 Å². The molecule has 5 heteroatoms. The maximum atomic E-state index is 11.1. The van der Waals surface area contributed by atoms with Gasteiger partial charge >= 0.3 is 11.4 Å². The topological polar surface area (TPSA) is 52.6 Å². The third-order valence-corrected chi connectivity index (χ3v) is 1.69. The summed E-state index contributed by atoms with van der Waals surface area (Å²) in [6.07, 6.45) is 0.140. The highest BCUT2D eigenvalue weighted by Crippen LogP contribution is 2.00. The van der Waals surface area contributed by atoms with Crippen molar-refractivity contribution in [2.45, 2.75) is 6.42 Å². The molecular formula is C10H9ClO4. The Hall–Kier alpha value is -1.55. The summed E-state index contributed by atoms with van der Waals surface area (Å²) in [7, 11) is 0. The van der Waals surface area contributed by atoms with E-state index in [1.54, 1.807) is 12.1 Å². The van der Waals surface area contributed by atoms with Gasteiger partial charge in [-0.05, 0) is 5.56 Å². The summed E-state index contributed by atoms with van der Waals surface area (Å²) < 4.78 is 8.82. The Morgan fingerprint density at radius 3 is 2.40 bits per heavy atom. The highest BCUT2D eigenvalue weighted by atomic mass is 35.5. The summed E-state index contributed by atoms with van der Waals surface area (Å²) in [5.74, 6) is -0.473. The molecule has 1 rings (SSSR count). The van der Waals surface area contributed by atoms with Crippen molar-refractivity contribution in [3.8, 4) is 0 Å². The first-order valence-electron chi connectivity index (χ1n) is 4.20. The zero-order valence-electron chi connectivity index (χ0n) is 7.81. The molecule has 0 amide bonds. The van der Waals surface area contributed by atoms with E-state index in [1.165, 1.54) is 0 Å². The molecule has 0 atom stereocenters. The number of rotatable bonds is 4. The number of benzene rings is 1. The Kier molecular flexibility index (Phi) is 4.63. The van der Waals surface area contributed by atoms with Gasteiger partial charge in [-0.2, -0.15) is 0 Å². The summed E-state index contributed by atoms with van der Waals surface area (Å²) in [6, 6.07) is 9.09. The van der Waals surface area contributed by atoms with E-state index in [0.29, 0.717) is 0 Å². The summed E-state index contributed by atoms with van der Waals surface area (Å²) in [5, 5.41) is 0. The van der Waals surface area contributed by atoms with Gasteiger partial charge < -0.3 is 9.47 Å². The highest BCUT2D eigenvalue weighted by Gasteiger charge is 2.05. The van der Waals surface area contributed by atoms with Gasteiger partial charge in [0, 0.05) is 11.6 Å². The van der Waals surface area contributed by atoms with Crippen LogP contribution in [0.25, 0.3) is 0 Å². The Bertz CT molecular complexity index is 337. The molecule has 1 aromatic rings. The third-order valence-electron chi connectivity index (χ3n) is 1.58. The van der Waals surface area contributed by atoms with Gasteiger partial charge in [0.25, 0.3) is 0 Å². The first kappa shape index (κ1) is 11.5. The van der Waals surface area contributed by atoms with Gasteiger partial charge in [-0.3, -0.25) is 4.79 Å². The van der Waals surface area contributed by atoms with E-state index in [-0.39, 0.29) is 6.42 Å². The van der Waals surface area contributed by atoms with Crippen molar-refractivity contribution in [2.75, 3.05) is 6.79 Å². The number of hydrogen-bond donors (Lipinski definition) is 0. The molecule has 0 aromatic heterocycles. The minimum absolute atomic E-state index is 0.140. The van der Waals surface area contributed by atoms with E-state index in [1.807, 2.05) is 18.2 Å². The van der Waals surface area contributed by atoms with Crippen molar-refractivity contribution < 1.29 is 19.1 Å². The Balaban J connectivity index is 2.28. The lowest BCUT2D eigenvalue weighted by Gasteiger charge is -2.03. The first-order chi connectivity index (χ1) is 7.18. The smallest absolute Gasteiger partial charge is 0.406 e. The van der Waals surface area contributed by atoms with Crippen molar-refractivity contribution in [1.82, 2.24) is 0 Å². The van der Waals surface area contributed by atoms with E-state index in [4.69, 9.17) is 11.6 Å². The van der Waals surface area contributed by atoms with Crippen LogP contribution in [-0.2, 0) is 20.7 Å². The zero-order valence-corrected chi connectivity index (χ0v) is 8.57. The number of carbonyl (C=O) groups excluding carboxylic acids is 2. The van der Waals surface area contributed by atoms with Crippen LogP contribution in [0.2, 0.25) is 0 Å². The second-order valence-corrected chi connectivity index (χ2v) is 2.99. The van der Waals surface area contributed by atoms with Gasteiger partial charge in [-0.15, -0.1) is 0 Å². The number of esters is 1. The number of carbonyl (C=O) groups is 2. The van der Waals surface area contributed by atoms with Gasteiger partial charge in [0.15, 0.2) is 0 Å². The maximum Gasteiger partial charge on any atom is 0.406 e. The third kappa shape index (κ3) is 5.02. The number of halogens is 1. The molecule has 80 valence electrons. The van der Waals surface area contributed by atoms with E-state index in [9.17, 15) is 9.59 Å². The van der Waals surface area contributed by atoms with Crippen molar-refractivity contribution in [1.29, 1.82) is 0 Å². The first-order valence-corrected chi connectivity index (χ1v) is 4.58. The Morgan fingerprint density at radius 1 is 1.13 bits per heavy atom. The lowest BCUT2D eigenvalue weighted by Crippen LogP contribution is -2.11. The molecule has 1 aromatic carbocycles. The molecule has 15 heavy (non-hydrogen) atoms. The standard InChI is InChI=1S/C10H9ClO4/c11-10(13)15-7-14-9(12)6-8-4-2-1-3-5-8/h1-5H,6-7H2. The summed E-state index contributed by atoms with van der Waals surface area (Å²) in [5.41, 5.74) is -0.165. The van der Waals surface area contributed by atoms with Crippen molar-refractivity contribution in [3.05, 3.63) is 35.9 Å². The van der Waals surface area contributed by atoms with E-state index >= 15 is 0 Å². The summed E-state index contributed by atoms with van der Waals surface area (Å²) >= 11 is 4.87. The van der Waals surface area contributed by atoms with Crippen LogP contribution in [0.1, 0.15) is 5.56 Å². The molecule has 0 saturated carbocycles. The van der Waals surface area contributed by atoms with Crippen molar-refractivity contribution in [2.24, 2.45) is 0 Å². The Morgan fingerprint density at radius 2 is 1.80 bits per heavy atom. The van der Waals surface area contributed by atoms with Gasteiger partial charge in [0.2, 0.25) is 6.79 Å². The molecule has 0 aliphatic heterocycles. The molecule has 0 aliphatic rings. The van der Waals surface area contributed by atoms with Gasteiger partial charge in [0.1, 0.15) is 0 Å². The summed E-state index contributed by atoms with van der Waals surface area (Å²) in [6.45, 7) is -0.450. The van der Waals surface area contributed by atoms with Crippen LogP contribution in [-0.4, -0.2) is 18.2 Å². The van der Waals surface area contributed by atoms with Crippen LogP contribution < -0.4 is 0 Å². The molecule has 0 saturated heterocycles. The lowest BCUT2D eigenvalue weighted by atomic mass is 10.2. The molecule has 0 aliphatic carbocycles. The average molecular weight is 229 g/mol. The van der Waals surface area contributed by atoms with Gasteiger partial charge in [-0.25, -0.2) is 4.79 Å². The van der Waals surface area contributed by atoms with E-state index in [0.717, 1.165) is 5.56 Å². The molecule has 0 radical (unpaired) electrons.